The number of methoxy groups -OCH3 is 1. The second-order valence-corrected chi connectivity index (χ2v) is 8.81. The molecule has 0 saturated carbocycles. The highest BCUT2D eigenvalue weighted by Gasteiger charge is 2.32. The third-order valence-corrected chi connectivity index (χ3v) is 6.62. The number of fused-ring (bicyclic) bond motifs is 1. The number of hydrogen-bond donors (Lipinski definition) is 2. The van der Waals surface area contributed by atoms with E-state index < -0.39 is 6.04 Å². The summed E-state index contributed by atoms with van der Waals surface area (Å²) < 4.78 is 7.45. The van der Waals surface area contributed by atoms with E-state index >= 15 is 0 Å². The Morgan fingerprint density at radius 3 is 2.56 bits per heavy atom. The number of carbonyl (C=O) groups is 1. The minimum Gasteiger partial charge on any atom is -0.497 e. The summed E-state index contributed by atoms with van der Waals surface area (Å²) in [6.45, 7) is 1.80. The van der Waals surface area contributed by atoms with E-state index in [-0.39, 0.29) is 11.5 Å². The van der Waals surface area contributed by atoms with Crippen molar-refractivity contribution in [2.45, 2.75) is 13.0 Å². The summed E-state index contributed by atoms with van der Waals surface area (Å²) >= 11 is 1.31. The van der Waals surface area contributed by atoms with Crippen LogP contribution in [0.4, 0.5) is 5.69 Å². The van der Waals surface area contributed by atoms with Crippen molar-refractivity contribution in [2.24, 2.45) is 4.99 Å². The van der Waals surface area contributed by atoms with E-state index in [1.54, 1.807) is 30.9 Å². The number of nitrogens with zero attached hydrogens (tertiary/aromatic N) is 2. The Morgan fingerprint density at radius 2 is 1.88 bits per heavy atom. The van der Waals surface area contributed by atoms with Crippen LogP contribution in [0, 0.1) is 0 Å². The van der Waals surface area contributed by atoms with E-state index in [9.17, 15) is 9.59 Å². The molecule has 0 aliphatic carbocycles. The molecule has 2 aromatic carbocycles. The third-order valence-electron chi connectivity index (χ3n) is 5.64. The molecule has 0 radical (unpaired) electrons. The van der Waals surface area contributed by atoms with Crippen molar-refractivity contribution >= 4 is 29.0 Å². The zero-order valence-electron chi connectivity index (χ0n) is 18.6. The molecule has 1 atom stereocenters. The van der Waals surface area contributed by atoms with Crippen molar-refractivity contribution in [3.8, 4) is 5.75 Å². The number of H-pyrrole nitrogens is 1. The number of amides is 1. The molecule has 0 fully saturated rings. The molecule has 1 unspecified atom stereocenters. The van der Waals surface area contributed by atoms with Crippen LogP contribution in [0.5, 0.6) is 5.75 Å². The molecular weight excluding hydrogens is 448 g/mol. The van der Waals surface area contributed by atoms with E-state index in [1.165, 1.54) is 11.3 Å². The Balaban J connectivity index is 1.68. The molecule has 4 aromatic rings. The second kappa shape index (κ2) is 8.99. The van der Waals surface area contributed by atoms with Gasteiger partial charge in [-0.15, -0.1) is 0 Å². The van der Waals surface area contributed by atoms with Crippen LogP contribution < -0.4 is 24.9 Å². The van der Waals surface area contributed by atoms with Crippen LogP contribution in [0.2, 0.25) is 0 Å². The fourth-order valence-electron chi connectivity index (χ4n) is 4.01. The van der Waals surface area contributed by atoms with Gasteiger partial charge >= 0.3 is 0 Å². The van der Waals surface area contributed by atoms with Gasteiger partial charge in [0.15, 0.2) is 4.80 Å². The molecule has 2 N–H and O–H groups in total. The number of thiazole rings is 1. The average molecular weight is 471 g/mol. The largest absolute Gasteiger partial charge is 0.497 e. The van der Waals surface area contributed by atoms with Gasteiger partial charge in [-0.2, -0.15) is 0 Å². The molecule has 0 bridgehead atoms. The number of para-hydroxylation sites is 1. The SMILES string of the molecule is COc1ccc(C2C(C(=O)Nc3ccccc3)=C(C)N=c3s/c(=C/c4ccc[nH]4)c(=O)n32)cc1. The molecular formula is C26H22N4O3S. The first kappa shape index (κ1) is 21.7. The highest BCUT2D eigenvalue weighted by molar-refractivity contribution is 7.07. The number of benzene rings is 2. The number of aromatic amines is 1. The first-order valence-electron chi connectivity index (χ1n) is 10.7. The standard InChI is InChI=1S/C26H22N4O3S/c1-16-22(24(31)29-18-7-4-3-5-8-18)23(17-10-12-20(33-2)13-11-17)30-25(32)21(34-26(30)28-16)15-19-9-6-14-27-19/h3-15,23,27H,1-2H3,(H,29,31)/b21-15+. The number of allylic oxidation sites excluding steroid dienone is 1. The number of anilines is 1. The first-order chi connectivity index (χ1) is 16.5. The van der Waals surface area contributed by atoms with Gasteiger partial charge in [-0.25, -0.2) is 4.99 Å². The van der Waals surface area contributed by atoms with Crippen LogP contribution in [0.1, 0.15) is 24.2 Å². The summed E-state index contributed by atoms with van der Waals surface area (Å²) in [6, 6.07) is 19.8. The molecule has 34 heavy (non-hydrogen) atoms. The highest BCUT2D eigenvalue weighted by atomic mass is 32.1. The molecule has 8 heteroatoms. The molecule has 0 spiro atoms. The molecule has 5 rings (SSSR count). The maximum Gasteiger partial charge on any atom is 0.271 e. The molecule has 7 nitrogen and oxygen atoms in total. The van der Waals surface area contributed by atoms with Gasteiger partial charge in [-0.1, -0.05) is 41.7 Å². The summed E-state index contributed by atoms with van der Waals surface area (Å²) in [5, 5.41) is 2.95. The van der Waals surface area contributed by atoms with Gasteiger partial charge in [0.05, 0.1) is 29.0 Å². The Morgan fingerprint density at radius 1 is 1.12 bits per heavy atom. The van der Waals surface area contributed by atoms with Crippen molar-refractivity contribution in [3.05, 3.63) is 115 Å². The van der Waals surface area contributed by atoms with Gasteiger partial charge < -0.3 is 15.0 Å². The third kappa shape index (κ3) is 3.99. The number of ether oxygens (including phenoxy) is 1. The number of aromatic nitrogens is 2. The average Bonchev–Trinajstić information content (AvgIpc) is 3.47. The zero-order valence-corrected chi connectivity index (χ0v) is 19.4. The normalized spacial score (nSPS) is 15.6. The summed E-state index contributed by atoms with van der Waals surface area (Å²) in [7, 11) is 1.60. The minimum atomic E-state index is -0.628. The number of hydrogen-bond acceptors (Lipinski definition) is 5. The summed E-state index contributed by atoms with van der Waals surface area (Å²) in [5.74, 6) is 0.394. The zero-order chi connectivity index (χ0) is 23.7. The molecule has 2 aromatic heterocycles. The Labute approximate surface area is 199 Å². The van der Waals surface area contributed by atoms with Crippen molar-refractivity contribution in [3.63, 3.8) is 0 Å². The minimum absolute atomic E-state index is 0.198. The Kier molecular flexibility index (Phi) is 5.73. The van der Waals surface area contributed by atoms with Crippen LogP contribution in [0.3, 0.4) is 0 Å². The van der Waals surface area contributed by atoms with Crippen LogP contribution in [0.25, 0.3) is 6.08 Å². The number of carbonyl (C=O) groups excluding carboxylic acids is 1. The lowest BCUT2D eigenvalue weighted by molar-refractivity contribution is -0.113. The number of nitrogens with one attached hydrogen (secondary N) is 2. The lowest BCUT2D eigenvalue weighted by atomic mass is 9.95. The van der Waals surface area contributed by atoms with Crippen LogP contribution in [0.15, 0.2) is 94.0 Å². The molecule has 170 valence electrons. The summed E-state index contributed by atoms with van der Waals surface area (Å²) in [6.07, 6.45) is 3.61. The van der Waals surface area contributed by atoms with Gasteiger partial charge in [-0.3, -0.25) is 14.2 Å². The summed E-state index contributed by atoms with van der Waals surface area (Å²) in [4.78, 5) is 35.4. The fourth-order valence-corrected chi connectivity index (χ4v) is 5.05. The van der Waals surface area contributed by atoms with Crippen molar-refractivity contribution in [2.75, 3.05) is 12.4 Å². The quantitative estimate of drug-likeness (QED) is 0.470. The van der Waals surface area contributed by atoms with Crippen LogP contribution >= 0.6 is 11.3 Å². The van der Waals surface area contributed by atoms with E-state index in [1.807, 2.05) is 66.7 Å². The summed E-state index contributed by atoms with van der Waals surface area (Å²) in [5.41, 5.74) is 3.09. The van der Waals surface area contributed by atoms with E-state index in [2.05, 4.69) is 15.3 Å². The van der Waals surface area contributed by atoms with Gasteiger partial charge in [0.1, 0.15) is 5.75 Å². The maximum atomic E-state index is 13.6. The predicted molar refractivity (Wildman–Crippen MR) is 133 cm³/mol. The van der Waals surface area contributed by atoms with Crippen molar-refractivity contribution in [1.82, 2.24) is 9.55 Å². The fraction of sp³-hybridized carbons (Fsp3) is 0.115. The first-order valence-corrected chi connectivity index (χ1v) is 11.5. The lowest BCUT2D eigenvalue weighted by Crippen LogP contribution is -2.40. The highest BCUT2D eigenvalue weighted by Crippen LogP contribution is 2.31. The smallest absolute Gasteiger partial charge is 0.271 e. The molecule has 3 heterocycles. The topological polar surface area (TPSA) is 88.5 Å². The monoisotopic (exact) mass is 470 g/mol. The predicted octanol–water partition coefficient (Wildman–Crippen LogP) is 3.21. The maximum absolute atomic E-state index is 13.6. The van der Waals surface area contributed by atoms with E-state index in [4.69, 9.17) is 4.74 Å². The molecule has 1 aliphatic rings. The van der Waals surface area contributed by atoms with E-state index in [0.29, 0.717) is 32.0 Å². The van der Waals surface area contributed by atoms with Gasteiger partial charge in [-0.05, 0) is 55.0 Å². The lowest BCUT2D eigenvalue weighted by Gasteiger charge is -2.25. The van der Waals surface area contributed by atoms with Crippen molar-refractivity contribution in [1.29, 1.82) is 0 Å². The molecule has 1 aliphatic heterocycles. The van der Waals surface area contributed by atoms with Gasteiger partial charge in [0.25, 0.3) is 11.5 Å². The van der Waals surface area contributed by atoms with Crippen LogP contribution in [-0.2, 0) is 4.79 Å². The van der Waals surface area contributed by atoms with Gasteiger partial charge in [0.2, 0.25) is 0 Å². The Bertz CT molecular complexity index is 1550. The second-order valence-electron chi connectivity index (χ2n) is 7.80. The molecule has 0 saturated heterocycles. The van der Waals surface area contributed by atoms with Crippen LogP contribution in [-0.4, -0.2) is 22.6 Å². The number of rotatable bonds is 5. The molecule has 1 amide bonds. The Hall–Kier alpha value is -4.17. The van der Waals surface area contributed by atoms with Crippen molar-refractivity contribution < 1.29 is 9.53 Å². The van der Waals surface area contributed by atoms with E-state index in [0.717, 1.165) is 11.3 Å². The van der Waals surface area contributed by atoms with Gasteiger partial charge in [0, 0.05) is 17.6 Å².